The highest BCUT2D eigenvalue weighted by atomic mass is 32.2. The van der Waals surface area contributed by atoms with Crippen LogP contribution in [0.3, 0.4) is 0 Å². The van der Waals surface area contributed by atoms with Gasteiger partial charge in [-0.3, -0.25) is 0 Å². The molecule has 0 amide bonds. The van der Waals surface area contributed by atoms with Crippen LogP contribution in [0.1, 0.15) is 0 Å². The normalized spacial score (nSPS) is 15.2. The highest BCUT2D eigenvalue weighted by Crippen LogP contribution is 2.39. The van der Waals surface area contributed by atoms with Crippen molar-refractivity contribution in [1.82, 2.24) is 0 Å². The number of para-hydroxylation sites is 1. The number of sulfone groups is 1. The Labute approximate surface area is 139 Å². The lowest BCUT2D eigenvalue weighted by Crippen LogP contribution is -2.26. The number of benzene rings is 2. The van der Waals surface area contributed by atoms with E-state index in [4.69, 9.17) is 4.74 Å². The van der Waals surface area contributed by atoms with Crippen LogP contribution in [0.4, 0.5) is 11.4 Å². The summed E-state index contributed by atoms with van der Waals surface area (Å²) in [4.78, 5) is 13.2. The largest absolute Gasteiger partial charge is 0.497 e. The average molecular weight is 345 g/mol. The second kappa shape index (κ2) is 6.01. The predicted molar refractivity (Wildman–Crippen MR) is 88.9 cm³/mol. The molecule has 3 rings (SSSR count). The van der Waals surface area contributed by atoms with Crippen LogP contribution in [0.5, 0.6) is 5.75 Å². The Morgan fingerprint density at radius 2 is 1.67 bits per heavy atom. The van der Waals surface area contributed by atoms with Crippen molar-refractivity contribution in [2.45, 2.75) is 4.90 Å². The van der Waals surface area contributed by atoms with E-state index in [1.54, 1.807) is 54.5 Å². The number of fused-ring (bicyclic) bond motifs is 1. The standard InChI is InChI=1S/C17H15NO5S/c1-22-13-9-7-12(8-10-13)18-11-16(17(19)23-2)24(20,21)15-6-4-3-5-14(15)18/h3-11H,1-2H3. The third kappa shape index (κ3) is 2.52. The van der Waals surface area contributed by atoms with E-state index in [0.717, 1.165) is 7.11 Å². The van der Waals surface area contributed by atoms with Crippen molar-refractivity contribution in [1.29, 1.82) is 0 Å². The van der Waals surface area contributed by atoms with Crippen molar-refractivity contribution in [2.24, 2.45) is 0 Å². The van der Waals surface area contributed by atoms with Gasteiger partial charge in [0.15, 0.2) is 4.91 Å². The number of methoxy groups -OCH3 is 2. The van der Waals surface area contributed by atoms with Gasteiger partial charge in [0.1, 0.15) is 5.75 Å². The van der Waals surface area contributed by atoms with Gasteiger partial charge in [-0.05, 0) is 36.4 Å². The van der Waals surface area contributed by atoms with Crippen molar-refractivity contribution in [2.75, 3.05) is 19.1 Å². The topological polar surface area (TPSA) is 72.9 Å². The van der Waals surface area contributed by atoms with E-state index in [0.29, 0.717) is 17.1 Å². The van der Waals surface area contributed by atoms with Gasteiger partial charge in [0, 0.05) is 11.9 Å². The maximum Gasteiger partial charge on any atom is 0.351 e. The molecular formula is C17H15NO5S. The van der Waals surface area contributed by atoms with Gasteiger partial charge in [0.05, 0.1) is 24.8 Å². The Morgan fingerprint density at radius 3 is 2.29 bits per heavy atom. The van der Waals surface area contributed by atoms with Gasteiger partial charge >= 0.3 is 5.97 Å². The molecular weight excluding hydrogens is 330 g/mol. The molecule has 24 heavy (non-hydrogen) atoms. The maximum absolute atomic E-state index is 12.7. The lowest BCUT2D eigenvalue weighted by Gasteiger charge is -2.28. The molecule has 0 aromatic heterocycles. The average Bonchev–Trinajstić information content (AvgIpc) is 2.61. The summed E-state index contributed by atoms with van der Waals surface area (Å²) in [6, 6.07) is 13.6. The van der Waals surface area contributed by atoms with Gasteiger partial charge in [0.25, 0.3) is 0 Å². The molecule has 124 valence electrons. The molecule has 7 heteroatoms. The van der Waals surface area contributed by atoms with Crippen LogP contribution in [0.25, 0.3) is 0 Å². The fraction of sp³-hybridized carbons (Fsp3) is 0.118. The minimum atomic E-state index is -3.93. The number of hydrogen-bond acceptors (Lipinski definition) is 6. The Hall–Kier alpha value is -2.80. The first kappa shape index (κ1) is 16.1. The molecule has 0 bridgehead atoms. The zero-order valence-corrected chi connectivity index (χ0v) is 13.9. The van der Waals surface area contributed by atoms with Crippen molar-refractivity contribution >= 4 is 27.2 Å². The van der Waals surface area contributed by atoms with E-state index in [-0.39, 0.29) is 4.90 Å². The molecule has 2 aromatic rings. The van der Waals surface area contributed by atoms with Crippen LogP contribution in [0, 0.1) is 0 Å². The van der Waals surface area contributed by atoms with E-state index in [9.17, 15) is 13.2 Å². The second-order valence-electron chi connectivity index (χ2n) is 5.02. The summed E-state index contributed by atoms with van der Waals surface area (Å²) in [6.07, 6.45) is 1.28. The number of anilines is 2. The zero-order valence-electron chi connectivity index (χ0n) is 13.1. The molecule has 1 aliphatic rings. The number of esters is 1. The molecule has 0 radical (unpaired) electrons. The first-order chi connectivity index (χ1) is 11.5. The number of carbonyl (C=O) groups is 1. The summed E-state index contributed by atoms with van der Waals surface area (Å²) < 4.78 is 35.1. The fourth-order valence-corrected chi connectivity index (χ4v) is 3.96. The summed E-state index contributed by atoms with van der Waals surface area (Å²) in [5.74, 6) is -0.225. The molecule has 0 unspecified atom stereocenters. The first-order valence-electron chi connectivity index (χ1n) is 7.06. The monoisotopic (exact) mass is 345 g/mol. The Morgan fingerprint density at radius 1 is 1.00 bits per heavy atom. The molecule has 6 nitrogen and oxygen atoms in total. The van der Waals surface area contributed by atoms with Gasteiger partial charge in [-0.15, -0.1) is 0 Å². The van der Waals surface area contributed by atoms with Crippen LogP contribution in [0.2, 0.25) is 0 Å². The third-order valence-corrected chi connectivity index (χ3v) is 5.46. The quantitative estimate of drug-likeness (QED) is 0.796. The van der Waals surface area contributed by atoms with Crippen molar-refractivity contribution in [3.63, 3.8) is 0 Å². The van der Waals surface area contributed by atoms with Crippen LogP contribution < -0.4 is 9.64 Å². The highest BCUT2D eigenvalue weighted by molar-refractivity contribution is 7.96. The van der Waals surface area contributed by atoms with Crippen LogP contribution in [-0.4, -0.2) is 28.6 Å². The summed E-state index contributed by atoms with van der Waals surface area (Å²) in [6.45, 7) is 0. The Balaban J connectivity index is 2.21. The summed E-state index contributed by atoms with van der Waals surface area (Å²) in [5.41, 5.74) is 1.16. The van der Waals surface area contributed by atoms with Gasteiger partial charge in [0.2, 0.25) is 9.84 Å². The van der Waals surface area contributed by atoms with Gasteiger partial charge in [-0.25, -0.2) is 13.2 Å². The fourth-order valence-electron chi connectivity index (χ4n) is 2.48. The number of ether oxygens (including phenoxy) is 2. The van der Waals surface area contributed by atoms with E-state index < -0.39 is 20.7 Å². The predicted octanol–water partition coefficient (Wildman–Crippen LogP) is 2.64. The van der Waals surface area contributed by atoms with Crippen LogP contribution >= 0.6 is 0 Å². The minimum absolute atomic E-state index is 0.0590. The molecule has 0 saturated carbocycles. The van der Waals surface area contributed by atoms with E-state index >= 15 is 0 Å². The lowest BCUT2D eigenvalue weighted by atomic mass is 10.2. The number of carbonyl (C=O) groups excluding carboxylic acids is 1. The first-order valence-corrected chi connectivity index (χ1v) is 8.55. The third-order valence-electron chi connectivity index (χ3n) is 3.69. The minimum Gasteiger partial charge on any atom is -0.497 e. The molecule has 0 saturated heterocycles. The lowest BCUT2D eigenvalue weighted by molar-refractivity contribution is -0.135. The molecule has 0 atom stereocenters. The SMILES string of the molecule is COC(=O)C1=CN(c2ccc(OC)cc2)c2ccccc2S1(=O)=O. The van der Waals surface area contributed by atoms with Crippen LogP contribution in [-0.2, 0) is 19.4 Å². The van der Waals surface area contributed by atoms with Gasteiger partial charge in [-0.2, -0.15) is 0 Å². The molecule has 0 fully saturated rings. The molecule has 0 aliphatic carbocycles. The molecule has 1 aliphatic heterocycles. The molecule has 0 spiro atoms. The number of hydrogen-bond donors (Lipinski definition) is 0. The van der Waals surface area contributed by atoms with E-state index in [2.05, 4.69) is 4.74 Å². The second-order valence-corrected chi connectivity index (χ2v) is 6.91. The smallest absolute Gasteiger partial charge is 0.351 e. The number of rotatable bonds is 3. The molecule has 2 aromatic carbocycles. The van der Waals surface area contributed by atoms with Gasteiger partial charge < -0.3 is 14.4 Å². The van der Waals surface area contributed by atoms with Crippen molar-refractivity contribution < 1.29 is 22.7 Å². The summed E-state index contributed by atoms with van der Waals surface area (Å²) in [7, 11) is -1.22. The highest BCUT2D eigenvalue weighted by Gasteiger charge is 2.36. The Bertz CT molecular complexity index is 916. The Kier molecular flexibility index (Phi) is 4.02. The molecule has 1 heterocycles. The zero-order chi connectivity index (χ0) is 17.3. The summed E-state index contributed by atoms with van der Waals surface area (Å²) in [5, 5.41) is 0. The van der Waals surface area contributed by atoms with E-state index in [1.807, 2.05) is 0 Å². The van der Waals surface area contributed by atoms with E-state index in [1.165, 1.54) is 12.3 Å². The van der Waals surface area contributed by atoms with Crippen molar-refractivity contribution in [3.8, 4) is 5.75 Å². The maximum atomic E-state index is 12.7. The summed E-state index contributed by atoms with van der Waals surface area (Å²) >= 11 is 0. The van der Waals surface area contributed by atoms with Gasteiger partial charge in [-0.1, -0.05) is 12.1 Å². The molecule has 0 N–H and O–H groups in total. The van der Waals surface area contributed by atoms with Crippen molar-refractivity contribution in [3.05, 3.63) is 59.6 Å². The van der Waals surface area contributed by atoms with Crippen LogP contribution in [0.15, 0.2) is 64.5 Å². The number of nitrogens with zero attached hydrogens (tertiary/aromatic N) is 1.